The lowest BCUT2D eigenvalue weighted by Gasteiger charge is -2.41. The molecule has 0 aromatic rings. The second-order valence-corrected chi connectivity index (χ2v) is 5.78. The Morgan fingerprint density at radius 3 is 2.50 bits per heavy atom. The maximum Gasteiger partial charge on any atom is 0.411 e. The van der Waals surface area contributed by atoms with Crippen molar-refractivity contribution in [3.8, 4) is 0 Å². The minimum Gasteiger partial charge on any atom is -0.512 e. The maximum absolute atomic E-state index is 11.9. The molecule has 0 saturated carbocycles. The van der Waals surface area contributed by atoms with E-state index in [1.54, 1.807) is 11.0 Å². The average molecular weight is 227 g/mol. The molecule has 1 amide bonds. The smallest absolute Gasteiger partial charge is 0.411 e. The first-order chi connectivity index (χ1) is 7.12. The van der Waals surface area contributed by atoms with Crippen molar-refractivity contribution in [3.05, 3.63) is 11.8 Å². The molecule has 1 aliphatic rings. The number of aliphatic hydroxyl groups is 1. The Bertz CT molecular complexity index is 313. The summed E-state index contributed by atoms with van der Waals surface area (Å²) < 4.78 is 5.32. The van der Waals surface area contributed by atoms with E-state index in [2.05, 4.69) is 0 Å². The number of carbonyl (C=O) groups is 1. The van der Waals surface area contributed by atoms with E-state index in [1.165, 1.54) is 0 Å². The summed E-state index contributed by atoms with van der Waals surface area (Å²) in [4.78, 5) is 13.6. The Kier molecular flexibility index (Phi) is 3.22. The second kappa shape index (κ2) is 4.00. The minimum atomic E-state index is -0.490. The number of carbonyl (C=O) groups excluding carboxylic acids is 1. The molecule has 1 heterocycles. The molecule has 0 bridgehead atoms. The Hall–Kier alpha value is -1.19. The van der Waals surface area contributed by atoms with Crippen LogP contribution in [0.5, 0.6) is 0 Å². The van der Waals surface area contributed by atoms with Crippen LogP contribution in [0.1, 0.15) is 41.0 Å². The highest BCUT2D eigenvalue weighted by Crippen LogP contribution is 2.28. The molecule has 0 aromatic heterocycles. The predicted octanol–water partition coefficient (Wildman–Crippen LogP) is 2.85. The molecule has 0 unspecified atom stereocenters. The third-order valence-corrected chi connectivity index (χ3v) is 2.47. The van der Waals surface area contributed by atoms with Gasteiger partial charge < -0.3 is 9.84 Å². The predicted molar refractivity (Wildman–Crippen MR) is 62.3 cm³/mol. The number of hydrogen-bond acceptors (Lipinski definition) is 3. The summed E-state index contributed by atoms with van der Waals surface area (Å²) in [5, 5.41) is 9.46. The largest absolute Gasteiger partial charge is 0.512 e. The zero-order valence-corrected chi connectivity index (χ0v) is 10.7. The van der Waals surface area contributed by atoms with Gasteiger partial charge in [-0.3, -0.25) is 4.90 Å². The summed E-state index contributed by atoms with van der Waals surface area (Å²) in [7, 11) is 0. The van der Waals surface area contributed by atoms with Crippen LogP contribution in [-0.4, -0.2) is 33.8 Å². The average Bonchev–Trinajstić information content (AvgIpc) is 1.97. The van der Waals surface area contributed by atoms with E-state index >= 15 is 0 Å². The highest BCUT2D eigenvalue weighted by molar-refractivity contribution is 5.69. The monoisotopic (exact) mass is 227 g/mol. The molecule has 0 fully saturated rings. The third kappa shape index (κ3) is 3.15. The van der Waals surface area contributed by atoms with Crippen LogP contribution in [0.2, 0.25) is 0 Å². The number of rotatable bonds is 0. The van der Waals surface area contributed by atoms with Crippen molar-refractivity contribution in [3.63, 3.8) is 0 Å². The summed E-state index contributed by atoms with van der Waals surface area (Å²) in [5.74, 6) is 0.338. The van der Waals surface area contributed by atoms with Crippen molar-refractivity contribution < 1.29 is 14.6 Å². The molecular weight excluding hydrogens is 206 g/mol. The molecule has 92 valence electrons. The van der Waals surface area contributed by atoms with Crippen LogP contribution in [0.25, 0.3) is 0 Å². The summed E-state index contributed by atoms with van der Waals surface area (Å²) in [6.07, 6.45) is 1.78. The Labute approximate surface area is 96.9 Å². The van der Waals surface area contributed by atoms with Gasteiger partial charge in [0.1, 0.15) is 5.60 Å². The number of hydrogen-bond donors (Lipinski definition) is 1. The van der Waals surface area contributed by atoms with Gasteiger partial charge in [-0.2, -0.15) is 0 Å². The van der Waals surface area contributed by atoms with Crippen LogP contribution < -0.4 is 0 Å². The SMILES string of the molecule is CC(C)(C)OC(=O)N1CC=C(O)CC1(C)C. The number of aliphatic hydroxyl groups excluding tert-OH is 1. The standard InChI is InChI=1S/C12H21NO3/c1-11(2,3)16-10(15)13-7-6-9(14)8-12(13,4)5/h6,14H,7-8H2,1-5H3. The molecule has 0 atom stereocenters. The molecule has 1 aliphatic heterocycles. The van der Waals surface area contributed by atoms with Gasteiger partial charge in [-0.25, -0.2) is 4.79 Å². The van der Waals surface area contributed by atoms with Crippen molar-refractivity contribution >= 4 is 6.09 Å². The van der Waals surface area contributed by atoms with Crippen molar-refractivity contribution in [2.24, 2.45) is 0 Å². The number of nitrogens with zero attached hydrogens (tertiary/aromatic N) is 1. The van der Waals surface area contributed by atoms with Gasteiger partial charge in [-0.15, -0.1) is 0 Å². The van der Waals surface area contributed by atoms with Gasteiger partial charge in [0.15, 0.2) is 0 Å². The third-order valence-electron chi connectivity index (χ3n) is 2.47. The topological polar surface area (TPSA) is 49.8 Å². The summed E-state index contributed by atoms with van der Waals surface area (Å²) in [5.41, 5.74) is -0.891. The normalized spacial score (nSPS) is 20.3. The van der Waals surface area contributed by atoms with E-state index in [9.17, 15) is 9.90 Å². The summed E-state index contributed by atoms with van der Waals surface area (Å²) in [6, 6.07) is 0. The highest BCUT2D eigenvalue weighted by atomic mass is 16.6. The lowest BCUT2D eigenvalue weighted by atomic mass is 9.94. The minimum absolute atomic E-state index is 0.332. The molecular formula is C12H21NO3. The van der Waals surface area contributed by atoms with Gasteiger partial charge in [-0.1, -0.05) is 0 Å². The molecule has 1 rings (SSSR count). The van der Waals surface area contributed by atoms with Gasteiger partial charge >= 0.3 is 6.09 Å². The first-order valence-electron chi connectivity index (χ1n) is 5.50. The molecule has 0 spiro atoms. The van der Waals surface area contributed by atoms with Gasteiger partial charge in [0, 0.05) is 18.5 Å². The lowest BCUT2D eigenvalue weighted by molar-refractivity contribution is 0.00221. The zero-order chi connectivity index (χ0) is 12.6. The van der Waals surface area contributed by atoms with Crippen LogP contribution in [0.4, 0.5) is 4.79 Å². The maximum atomic E-state index is 11.9. The quantitative estimate of drug-likeness (QED) is 0.692. The van der Waals surface area contributed by atoms with Crippen molar-refractivity contribution in [1.82, 2.24) is 4.90 Å². The van der Waals surface area contributed by atoms with Crippen LogP contribution in [-0.2, 0) is 4.74 Å². The second-order valence-electron chi connectivity index (χ2n) is 5.78. The van der Waals surface area contributed by atoms with Crippen LogP contribution in [0, 0.1) is 0 Å². The summed E-state index contributed by atoms with van der Waals surface area (Å²) >= 11 is 0. The van der Waals surface area contributed by atoms with E-state index in [0.717, 1.165) is 0 Å². The Morgan fingerprint density at radius 2 is 2.06 bits per heavy atom. The van der Waals surface area contributed by atoms with Crippen LogP contribution in [0.15, 0.2) is 11.8 Å². The fraction of sp³-hybridized carbons (Fsp3) is 0.750. The molecule has 4 nitrogen and oxygen atoms in total. The van der Waals surface area contributed by atoms with Crippen molar-refractivity contribution in [2.75, 3.05) is 6.54 Å². The first-order valence-corrected chi connectivity index (χ1v) is 5.50. The van der Waals surface area contributed by atoms with Gasteiger partial charge in [0.2, 0.25) is 0 Å². The highest BCUT2D eigenvalue weighted by Gasteiger charge is 2.36. The van der Waals surface area contributed by atoms with E-state index in [1.807, 2.05) is 34.6 Å². The molecule has 0 aromatic carbocycles. The molecule has 4 heteroatoms. The van der Waals surface area contributed by atoms with Crippen LogP contribution >= 0.6 is 0 Å². The van der Waals surface area contributed by atoms with Crippen LogP contribution in [0.3, 0.4) is 0 Å². The summed E-state index contributed by atoms with van der Waals surface area (Å²) in [6.45, 7) is 9.76. The fourth-order valence-electron chi connectivity index (χ4n) is 1.69. The van der Waals surface area contributed by atoms with Crippen molar-refractivity contribution in [1.29, 1.82) is 0 Å². The van der Waals surface area contributed by atoms with E-state index in [0.29, 0.717) is 18.7 Å². The molecule has 0 radical (unpaired) electrons. The van der Waals surface area contributed by atoms with E-state index < -0.39 is 11.1 Å². The van der Waals surface area contributed by atoms with Gasteiger partial charge in [0.25, 0.3) is 0 Å². The molecule has 1 N–H and O–H groups in total. The fourth-order valence-corrected chi connectivity index (χ4v) is 1.69. The van der Waals surface area contributed by atoms with E-state index in [-0.39, 0.29) is 6.09 Å². The molecule has 0 aliphatic carbocycles. The Balaban J connectivity index is 2.77. The molecule has 0 saturated heterocycles. The first kappa shape index (κ1) is 12.9. The Morgan fingerprint density at radius 1 is 1.50 bits per heavy atom. The number of ether oxygens (including phenoxy) is 1. The number of amides is 1. The lowest BCUT2D eigenvalue weighted by Crippen LogP contribution is -2.51. The van der Waals surface area contributed by atoms with Gasteiger partial charge in [0.05, 0.1) is 5.76 Å². The van der Waals surface area contributed by atoms with Crippen molar-refractivity contribution in [2.45, 2.75) is 52.2 Å². The van der Waals surface area contributed by atoms with Gasteiger partial charge in [-0.05, 0) is 40.7 Å². The zero-order valence-electron chi connectivity index (χ0n) is 10.7. The van der Waals surface area contributed by atoms with E-state index in [4.69, 9.17) is 4.74 Å². The molecule has 16 heavy (non-hydrogen) atoms.